The molecule has 0 radical (unpaired) electrons. The summed E-state index contributed by atoms with van der Waals surface area (Å²) in [7, 11) is 0. The number of carbonyl (C=O) groups excluding carboxylic acids is 1. The second kappa shape index (κ2) is 5.00. The zero-order chi connectivity index (χ0) is 12.5. The van der Waals surface area contributed by atoms with Gasteiger partial charge in [0.25, 0.3) is 0 Å². The van der Waals surface area contributed by atoms with E-state index in [1.807, 2.05) is 19.1 Å². The Morgan fingerprint density at radius 2 is 1.94 bits per heavy atom. The van der Waals surface area contributed by atoms with Crippen LogP contribution in [0, 0.1) is 12.8 Å². The molecular weight excluding hydrogens is 244 g/mol. The molecule has 2 fully saturated rings. The van der Waals surface area contributed by atoms with Crippen molar-refractivity contribution in [2.24, 2.45) is 5.92 Å². The summed E-state index contributed by atoms with van der Waals surface area (Å²) in [5, 5.41) is 9.43. The van der Waals surface area contributed by atoms with E-state index in [1.54, 1.807) is 0 Å². The lowest BCUT2D eigenvalue weighted by atomic mass is 9.85. The van der Waals surface area contributed by atoms with Gasteiger partial charge in [0.05, 0.1) is 5.69 Å². The predicted molar refractivity (Wildman–Crippen MR) is 72.8 cm³/mol. The summed E-state index contributed by atoms with van der Waals surface area (Å²) < 4.78 is 0. The lowest BCUT2D eigenvalue weighted by Gasteiger charge is -2.37. The fraction of sp³-hybridized carbons (Fsp3) is 0.643. The molecule has 96 valence electrons. The molecule has 0 N–H and O–H groups in total. The lowest BCUT2D eigenvalue weighted by molar-refractivity contribution is 0.0890. The van der Waals surface area contributed by atoms with Gasteiger partial charge in [-0.1, -0.05) is 6.42 Å². The van der Waals surface area contributed by atoms with Crippen molar-refractivity contribution in [1.82, 2.24) is 10.2 Å². The largest absolute Gasteiger partial charge is 0.292 e. The van der Waals surface area contributed by atoms with Crippen LogP contribution in [0.25, 0.3) is 0 Å². The van der Waals surface area contributed by atoms with Gasteiger partial charge in [-0.15, -0.1) is 5.10 Å². The minimum absolute atomic E-state index is 0.179. The zero-order valence-electron chi connectivity index (χ0n) is 10.6. The Labute approximate surface area is 112 Å². The van der Waals surface area contributed by atoms with Crippen LogP contribution in [-0.2, 0) is 0 Å². The van der Waals surface area contributed by atoms with E-state index in [2.05, 4.69) is 22.0 Å². The number of hydrogen-bond acceptors (Lipinski definition) is 4. The molecule has 0 spiro atoms. The van der Waals surface area contributed by atoms with Gasteiger partial charge in [-0.25, -0.2) is 0 Å². The van der Waals surface area contributed by atoms with Crippen LogP contribution in [-0.4, -0.2) is 26.5 Å². The van der Waals surface area contributed by atoms with Gasteiger partial charge in [-0.05, 0) is 44.7 Å². The van der Waals surface area contributed by atoms with Gasteiger partial charge in [-0.2, -0.15) is 16.9 Å². The van der Waals surface area contributed by atoms with E-state index in [0.717, 1.165) is 18.5 Å². The first-order chi connectivity index (χ1) is 8.72. The van der Waals surface area contributed by atoms with Crippen LogP contribution in [0.1, 0.15) is 48.3 Å². The van der Waals surface area contributed by atoms with Crippen molar-refractivity contribution in [3.8, 4) is 0 Å². The van der Waals surface area contributed by atoms with E-state index in [1.165, 1.54) is 19.3 Å². The molecule has 3 rings (SSSR count). The topological polar surface area (TPSA) is 42.9 Å². The standard InChI is InChI=1S/C14H18N2OS/c1-9-5-6-13(16-15-9)14(17)10-7-11-3-2-4-12(8-10)18-11/h5-6,10-12H,2-4,7-8H2,1H3. The van der Waals surface area contributed by atoms with Crippen LogP contribution in [0.2, 0.25) is 0 Å². The highest BCUT2D eigenvalue weighted by molar-refractivity contribution is 8.00. The molecule has 3 heterocycles. The van der Waals surface area contributed by atoms with Crippen molar-refractivity contribution in [3.05, 3.63) is 23.5 Å². The SMILES string of the molecule is Cc1ccc(C(=O)C2CC3CCCC(C2)S3)nn1. The van der Waals surface area contributed by atoms with Gasteiger partial charge in [0.2, 0.25) is 0 Å². The zero-order valence-corrected chi connectivity index (χ0v) is 11.4. The Morgan fingerprint density at radius 1 is 1.22 bits per heavy atom. The minimum atomic E-state index is 0.179. The van der Waals surface area contributed by atoms with Gasteiger partial charge in [-0.3, -0.25) is 4.79 Å². The maximum Gasteiger partial charge on any atom is 0.186 e. The maximum absolute atomic E-state index is 12.4. The summed E-state index contributed by atoms with van der Waals surface area (Å²) in [5.41, 5.74) is 1.41. The van der Waals surface area contributed by atoms with Crippen LogP contribution in [0.3, 0.4) is 0 Å². The summed E-state index contributed by atoms with van der Waals surface area (Å²) in [4.78, 5) is 12.4. The summed E-state index contributed by atoms with van der Waals surface area (Å²) in [5.74, 6) is 0.387. The molecule has 2 bridgehead atoms. The van der Waals surface area contributed by atoms with Crippen molar-refractivity contribution in [3.63, 3.8) is 0 Å². The Kier molecular flexibility index (Phi) is 3.37. The van der Waals surface area contributed by atoms with Crippen molar-refractivity contribution >= 4 is 17.5 Å². The number of carbonyl (C=O) groups is 1. The molecular formula is C14H18N2OS. The highest BCUT2D eigenvalue weighted by atomic mass is 32.2. The highest BCUT2D eigenvalue weighted by Gasteiger charge is 2.36. The maximum atomic E-state index is 12.4. The average Bonchev–Trinajstić information content (AvgIpc) is 2.38. The first kappa shape index (κ1) is 12.2. The van der Waals surface area contributed by atoms with E-state index in [9.17, 15) is 4.79 Å². The first-order valence-corrected chi connectivity index (χ1v) is 7.66. The molecule has 0 saturated carbocycles. The van der Waals surface area contributed by atoms with Crippen LogP contribution in [0.15, 0.2) is 12.1 Å². The van der Waals surface area contributed by atoms with E-state index in [0.29, 0.717) is 16.2 Å². The minimum Gasteiger partial charge on any atom is -0.292 e. The van der Waals surface area contributed by atoms with Crippen molar-refractivity contribution < 1.29 is 4.79 Å². The van der Waals surface area contributed by atoms with E-state index in [4.69, 9.17) is 0 Å². The summed E-state index contributed by atoms with van der Waals surface area (Å²) in [6, 6.07) is 3.70. The molecule has 3 nitrogen and oxygen atoms in total. The quantitative estimate of drug-likeness (QED) is 0.768. The Morgan fingerprint density at radius 3 is 2.56 bits per heavy atom. The van der Waals surface area contributed by atoms with Crippen molar-refractivity contribution in [1.29, 1.82) is 0 Å². The second-order valence-electron chi connectivity index (χ2n) is 5.40. The van der Waals surface area contributed by atoms with Crippen LogP contribution >= 0.6 is 11.8 Å². The number of aryl methyl sites for hydroxylation is 1. The van der Waals surface area contributed by atoms with Crippen LogP contribution in [0.5, 0.6) is 0 Å². The predicted octanol–water partition coefficient (Wildman–Crippen LogP) is 3.03. The third-order valence-corrected chi connectivity index (χ3v) is 5.58. The molecule has 1 aromatic heterocycles. The average molecular weight is 262 g/mol. The normalized spacial score (nSPS) is 31.1. The number of aromatic nitrogens is 2. The number of ketones is 1. The number of rotatable bonds is 2. The number of fused-ring (bicyclic) bond motifs is 2. The smallest absolute Gasteiger partial charge is 0.186 e. The Balaban J connectivity index is 1.74. The monoisotopic (exact) mass is 262 g/mol. The molecule has 4 heteroatoms. The number of hydrogen-bond donors (Lipinski definition) is 0. The van der Waals surface area contributed by atoms with Crippen molar-refractivity contribution in [2.45, 2.75) is 49.5 Å². The summed E-state index contributed by atoms with van der Waals surface area (Å²) >= 11 is 2.10. The summed E-state index contributed by atoms with van der Waals surface area (Å²) in [6.45, 7) is 1.89. The second-order valence-corrected chi connectivity index (χ2v) is 7.01. The molecule has 0 aliphatic carbocycles. The molecule has 2 aliphatic heterocycles. The van der Waals surface area contributed by atoms with E-state index in [-0.39, 0.29) is 11.7 Å². The van der Waals surface area contributed by atoms with E-state index >= 15 is 0 Å². The third-order valence-electron chi connectivity index (χ3n) is 3.95. The highest BCUT2D eigenvalue weighted by Crippen LogP contribution is 2.44. The first-order valence-electron chi connectivity index (χ1n) is 6.72. The van der Waals surface area contributed by atoms with Gasteiger partial charge in [0, 0.05) is 16.4 Å². The fourth-order valence-corrected chi connectivity index (χ4v) is 4.85. The lowest BCUT2D eigenvalue weighted by Crippen LogP contribution is -2.33. The number of thioether (sulfide) groups is 1. The van der Waals surface area contributed by atoms with Crippen LogP contribution in [0.4, 0.5) is 0 Å². The van der Waals surface area contributed by atoms with Crippen molar-refractivity contribution in [2.75, 3.05) is 0 Å². The number of nitrogens with zero attached hydrogens (tertiary/aromatic N) is 2. The van der Waals surface area contributed by atoms with Crippen LogP contribution < -0.4 is 0 Å². The Bertz CT molecular complexity index is 434. The van der Waals surface area contributed by atoms with Gasteiger partial charge >= 0.3 is 0 Å². The molecule has 2 unspecified atom stereocenters. The number of Topliss-reactive ketones (excluding diaryl/α,β-unsaturated/α-hetero) is 1. The molecule has 2 atom stereocenters. The molecule has 2 aliphatic rings. The molecule has 0 aromatic carbocycles. The fourth-order valence-electron chi connectivity index (χ4n) is 3.01. The molecule has 2 saturated heterocycles. The van der Waals surface area contributed by atoms with E-state index < -0.39 is 0 Å². The summed E-state index contributed by atoms with van der Waals surface area (Å²) in [6.07, 6.45) is 5.98. The molecule has 18 heavy (non-hydrogen) atoms. The Hall–Kier alpha value is -0.900. The third kappa shape index (κ3) is 2.44. The van der Waals surface area contributed by atoms with Gasteiger partial charge in [0.1, 0.15) is 5.69 Å². The molecule has 0 amide bonds. The van der Waals surface area contributed by atoms with Gasteiger partial charge < -0.3 is 0 Å². The molecule has 1 aromatic rings. The van der Waals surface area contributed by atoms with Gasteiger partial charge in [0.15, 0.2) is 5.78 Å².